The summed E-state index contributed by atoms with van der Waals surface area (Å²) in [6, 6.07) is 0. The lowest BCUT2D eigenvalue weighted by Crippen LogP contribution is -2.48. The number of carboxylic acid groups (broad SMARTS) is 1. The Morgan fingerprint density at radius 1 is 1.25 bits per heavy atom. The van der Waals surface area contributed by atoms with E-state index < -0.39 is 17.3 Å². The quantitative estimate of drug-likeness (QED) is 0.664. The zero-order valence-corrected chi connectivity index (χ0v) is 12.7. The summed E-state index contributed by atoms with van der Waals surface area (Å²) in [4.78, 5) is 23.6. The van der Waals surface area contributed by atoms with Crippen molar-refractivity contribution < 1.29 is 14.7 Å². The number of aliphatic carboxylic acids is 1. The fourth-order valence-corrected chi connectivity index (χ4v) is 3.00. The monoisotopic (exact) mass is 284 g/mol. The van der Waals surface area contributed by atoms with E-state index in [9.17, 15) is 14.7 Å². The van der Waals surface area contributed by atoms with Crippen LogP contribution < -0.4 is 11.1 Å². The Kier molecular flexibility index (Phi) is 6.46. The number of carbonyl (C=O) groups is 2. The van der Waals surface area contributed by atoms with Gasteiger partial charge in [-0.1, -0.05) is 33.1 Å². The highest BCUT2D eigenvalue weighted by atomic mass is 16.4. The van der Waals surface area contributed by atoms with Crippen LogP contribution >= 0.6 is 0 Å². The molecule has 4 N–H and O–H groups in total. The molecule has 0 aromatic rings. The predicted molar refractivity (Wildman–Crippen MR) is 78.2 cm³/mol. The number of carbonyl (C=O) groups excluding carboxylic acids is 1. The maximum absolute atomic E-state index is 12.4. The van der Waals surface area contributed by atoms with Gasteiger partial charge in [0.25, 0.3) is 0 Å². The van der Waals surface area contributed by atoms with Crippen LogP contribution in [0, 0.1) is 17.3 Å². The van der Waals surface area contributed by atoms with Gasteiger partial charge in [0.1, 0.15) is 0 Å². The van der Waals surface area contributed by atoms with Crippen molar-refractivity contribution in [3.63, 3.8) is 0 Å². The summed E-state index contributed by atoms with van der Waals surface area (Å²) in [6.07, 6.45) is 5.41. The minimum atomic E-state index is -0.843. The number of nitrogens with one attached hydrogen (secondary N) is 1. The van der Waals surface area contributed by atoms with Crippen LogP contribution in [0.3, 0.4) is 0 Å². The molecule has 1 aliphatic rings. The highest BCUT2D eigenvalue weighted by Gasteiger charge is 2.38. The summed E-state index contributed by atoms with van der Waals surface area (Å²) in [6.45, 7) is 4.52. The lowest BCUT2D eigenvalue weighted by Gasteiger charge is -2.35. The van der Waals surface area contributed by atoms with Gasteiger partial charge in [0.2, 0.25) is 5.91 Å². The van der Waals surface area contributed by atoms with Crippen LogP contribution in [0.4, 0.5) is 0 Å². The molecule has 0 aliphatic heterocycles. The first kappa shape index (κ1) is 17.0. The van der Waals surface area contributed by atoms with Crippen molar-refractivity contribution in [3.05, 3.63) is 0 Å². The van der Waals surface area contributed by atoms with Crippen molar-refractivity contribution in [2.45, 2.75) is 52.4 Å². The molecule has 0 bridgehead atoms. The number of carboxylic acids is 1. The first-order valence-electron chi connectivity index (χ1n) is 7.62. The molecule has 1 saturated carbocycles. The Balaban J connectivity index is 2.57. The van der Waals surface area contributed by atoms with Gasteiger partial charge in [-0.3, -0.25) is 9.59 Å². The van der Waals surface area contributed by atoms with Gasteiger partial charge < -0.3 is 16.2 Å². The minimum absolute atomic E-state index is 0.0605. The van der Waals surface area contributed by atoms with Gasteiger partial charge in [-0.25, -0.2) is 0 Å². The second-order valence-electron chi connectivity index (χ2n) is 6.42. The highest BCUT2D eigenvalue weighted by Crippen LogP contribution is 2.35. The van der Waals surface area contributed by atoms with Crippen LogP contribution in [0.15, 0.2) is 0 Å². The van der Waals surface area contributed by atoms with E-state index >= 15 is 0 Å². The van der Waals surface area contributed by atoms with Crippen LogP contribution in [0.5, 0.6) is 0 Å². The van der Waals surface area contributed by atoms with Crippen LogP contribution in [0.25, 0.3) is 0 Å². The molecule has 1 rings (SSSR count). The van der Waals surface area contributed by atoms with E-state index in [0.717, 1.165) is 32.1 Å². The van der Waals surface area contributed by atoms with E-state index in [2.05, 4.69) is 5.32 Å². The minimum Gasteiger partial charge on any atom is -0.481 e. The summed E-state index contributed by atoms with van der Waals surface area (Å²) < 4.78 is 0. The van der Waals surface area contributed by atoms with Gasteiger partial charge >= 0.3 is 5.97 Å². The molecule has 0 heterocycles. The van der Waals surface area contributed by atoms with E-state index in [0.29, 0.717) is 18.9 Å². The third kappa shape index (κ3) is 4.47. The summed E-state index contributed by atoms with van der Waals surface area (Å²) in [7, 11) is 0. The molecule has 0 aromatic heterocycles. The molecule has 5 heteroatoms. The van der Waals surface area contributed by atoms with Gasteiger partial charge in [0.15, 0.2) is 0 Å². The van der Waals surface area contributed by atoms with Gasteiger partial charge in [0.05, 0.1) is 11.3 Å². The van der Waals surface area contributed by atoms with E-state index in [1.54, 1.807) is 0 Å². The van der Waals surface area contributed by atoms with Crippen LogP contribution in [0.1, 0.15) is 52.4 Å². The Bertz CT molecular complexity index is 336. The molecular formula is C15H28N2O3. The lowest BCUT2D eigenvalue weighted by molar-refractivity contribution is -0.142. The molecule has 1 atom stereocenters. The number of hydrogen-bond acceptors (Lipinski definition) is 3. The van der Waals surface area contributed by atoms with Crippen molar-refractivity contribution in [2.75, 3.05) is 13.1 Å². The van der Waals surface area contributed by atoms with Gasteiger partial charge in [-0.05, 0) is 25.2 Å². The molecule has 1 amide bonds. The van der Waals surface area contributed by atoms with Gasteiger partial charge in [0, 0.05) is 13.1 Å². The van der Waals surface area contributed by atoms with Crippen LogP contribution in [0.2, 0.25) is 0 Å². The van der Waals surface area contributed by atoms with E-state index in [4.69, 9.17) is 5.73 Å². The molecule has 1 unspecified atom stereocenters. The number of amides is 1. The topological polar surface area (TPSA) is 92.4 Å². The third-order valence-electron chi connectivity index (χ3n) is 4.30. The van der Waals surface area contributed by atoms with Crippen molar-refractivity contribution in [3.8, 4) is 0 Å². The summed E-state index contributed by atoms with van der Waals surface area (Å²) >= 11 is 0. The van der Waals surface area contributed by atoms with Crippen LogP contribution in [-0.4, -0.2) is 30.1 Å². The van der Waals surface area contributed by atoms with E-state index in [-0.39, 0.29) is 12.5 Å². The van der Waals surface area contributed by atoms with Gasteiger partial charge in [-0.15, -0.1) is 0 Å². The standard InChI is InChI=1S/C15H28N2O3/c1-11(2)8-12(13(18)19)9-17-14(20)15(10-16)6-4-3-5-7-15/h11-12H,3-10,16H2,1-2H3,(H,17,20)(H,18,19). The molecular weight excluding hydrogens is 256 g/mol. The Labute approximate surface area is 121 Å². The lowest BCUT2D eigenvalue weighted by atomic mass is 9.73. The van der Waals surface area contributed by atoms with Crippen LogP contribution in [-0.2, 0) is 9.59 Å². The number of nitrogens with two attached hydrogens (primary N) is 1. The SMILES string of the molecule is CC(C)CC(CNC(=O)C1(CN)CCCCC1)C(=O)O. The highest BCUT2D eigenvalue weighted by molar-refractivity contribution is 5.83. The molecule has 5 nitrogen and oxygen atoms in total. The molecule has 0 saturated heterocycles. The maximum Gasteiger partial charge on any atom is 0.308 e. The first-order valence-corrected chi connectivity index (χ1v) is 7.62. The Hall–Kier alpha value is -1.10. The molecule has 0 spiro atoms. The average molecular weight is 284 g/mol. The number of hydrogen-bond donors (Lipinski definition) is 3. The third-order valence-corrected chi connectivity index (χ3v) is 4.30. The van der Waals surface area contributed by atoms with E-state index in [1.807, 2.05) is 13.8 Å². The maximum atomic E-state index is 12.4. The van der Waals surface area contributed by atoms with Crippen molar-refractivity contribution >= 4 is 11.9 Å². The molecule has 0 aromatic carbocycles. The summed E-state index contributed by atoms with van der Waals surface area (Å²) in [5.74, 6) is -1.12. The smallest absolute Gasteiger partial charge is 0.308 e. The fraction of sp³-hybridized carbons (Fsp3) is 0.867. The molecule has 1 fully saturated rings. The molecule has 0 radical (unpaired) electrons. The fourth-order valence-electron chi connectivity index (χ4n) is 3.00. The predicted octanol–water partition coefficient (Wildman–Crippen LogP) is 1.76. The average Bonchev–Trinajstić information content (AvgIpc) is 2.43. The second-order valence-corrected chi connectivity index (χ2v) is 6.42. The Morgan fingerprint density at radius 2 is 1.85 bits per heavy atom. The second kappa shape index (κ2) is 7.62. The largest absolute Gasteiger partial charge is 0.481 e. The first-order chi connectivity index (χ1) is 9.41. The molecule has 1 aliphatic carbocycles. The van der Waals surface area contributed by atoms with Crippen molar-refractivity contribution in [1.82, 2.24) is 5.32 Å². The number of rotatable bonds is 7. The molecule has 116 valence electrons. The Morgan fingerprint density at radius 3 is 2.30 bits per heavy atom. The van der Waals surface area contributed by atoms with Crippen molar-refractivity contribution in [2.24, 2.45) is 23.0 Å². The summed E-state index contributed by atoms with van der Waals surface area (Å²) in [5, 5.41) is 12.0. The molecule has 20 heavy (non-hydrogen) atoms. The van der Waals surface area contributed by atoms with Crippen molar-refractivity contribution in [1.29, 1.82) is 0 Å². The van der Waals surface area contributed by atoms with E-state index in [1.165, 1.54) is 0 Å². The normalized spacial score (nSPS) is 19.6. The summed E-state index contributed by atoms with van der Waals surface area (Å²) in [5.41, 5.74) is 5.34. The zero-order chi connectivity index (χ0) is 15.2. The zero-order valence-electron chi connectivity index (χ0n) is 12.7. The van der Waals surface area contributed by atoms with Gasteiger partial charge in [-0.2, -0.15) is 0 Å².